The van der Waals surface area contributed by atoms with Gasteiger partial charge in [-0.05, 0) is 163 Å². The van der Waals surface area contributed by atoms with Gasteiger partial charge in [0.05, 0.1) is 11.2 Å². The molecular weight excluding hydrogens is 725 g/mol. The van der Waals surface area contributed by atoms with Gasteiger partial charge in [0.1, 0.15) is 0 Å². The molecule has 2 nitrogen and oxygen atoms in total. The predicted octanol–water partition coefficient (Wildman–Crippen LogP) is 15.8. The van der Waals surface area contributed by atoms with E-state index in [1.165, 1.54) is 72.4 Å². The average Bonchev–Trinajstić information content (AvgIpc) is 3.92. The molecular formula is C58H54N2. The molecule has 4 aromatic carbocycles. The fraction of sp³-hybridized carbons (Fsp3) is 0.138. The molecule has 0 saturated carbocycles. The first-order chi connectivity index (χ1) is 29.5. The number of aromatic nitrogens is 2. The van der Waals surface area contributed by atoms with Crippen molar-refractivity contribution in [3.05, 3.63) is 221 Å². The molecule has 0 bridgehead atoms. The Morgan fingerprint density at radius 1 is 0.767 bits per heavy atom. The van der Waals surface area contributed by atoms with Gasteiger partial charge in [-0.1, -0.05) is 146 Å². The zero-order valence-corrected chi connectivity index (χ0v) is 35.4. The Balaban J connectivity index is 1.21. The normalized spacial score (nSPS) is 14.3. The minimum atomic E-state index is 0.807. The number of fused-ring (bicyclic) bond motifs is 4. The second-order valence-corrected chi connectivity index (χ2v) is 15.5. The minimum absolute atomic E-state index is 0.807. The van der Waals surface area contributed by atoms with E-state index < -0.39 is 0 Å². The van der Waals surface area contributed by atoms with E-state index in [1.807, 2.05) is 13.0 Å². The van der Waals surface area contributed by atoms with E-state index in [0.29, 0.717) is 0 Å². The number of benzene rings is 4. The maximum atomic E-state index is 4.23. The molecule has 2 aliphatic carbocycles. The van der Waals surface area contributed by atoms with Crippen LogP contribution in [0.15, 0.2) is 170 Å². The summed E-state index contributed by atoms with van der Waals surface area (Å²) < 4.78 is 4.76. The van der Waals surface area contributed by atoms with Gasteiger partial charge in [-0.2, -0.15) is 0 Å². The predicted molar refractivity (Wildman–Crippen MR) is 263 cm³/mol. The molecule has 60 heavy (non-hydrogen) atoms. The van der Waals surface area contributed by atoms with Crippen LogP contribution in [0.4, 0.5) is 0 Å². The van der Waals surface area contributed by atoms with Crippen LogP contribution in [0.2, 0.25) is 0 Å². The van der Waals surface area contributed by atoms with E-state index in [-0.39, 0.29) is 0 Å². The topological polar surface area (TPSA) is 9.86 Å². The van der Waals surface area contributed by atoms with Gasteiger partial charge >= 0.3 is 0 Å². The van der Waals surface area contributed by atoms with Crippen LogP contribution in [-0.2, 0) is 12.8 Å². The summed E-state index contributed by atoms with van der Waals surface area (Å²) in [5.74, 6) is 0. The van der Waals surface area contributed by atoms with Crippen LogP contribution in [0.3, 0.4) is 0 Å². The Morgan fingerprint density at radius 2 is 1.62 bits per heavy atom. The second-order valence-electron chi connectivity index (χ2n) is 15.5. The fourth-order valence-corrected chi connectivity index (χ4v) is 8.82. The first-order valence-electron chi connectivity index (χ1n) is 21.3. The summed E-state index contributed by atoms with van der Waals surface area (Å²) >= 11 is 0. The summed E-state index contributed by atoms with van der Waals surface area (Å²) in [4.78, 5) is 0. The Kier molecular flexibility index (Phi) is 12.2. The van der Waals surface area contributed by atoms with Crippen molar-refractivity contribution in [1.82, 2.24) is 9.13 Å². The number of hydrogen-bond acceptors (Lipinski definition) is 0. The number of nitrogens with zero attached hydrogens (tertiary/aromatic N) is 2. The number of rotatable bonds is 13. The van der Waals surface area contributed by atoms with Gasteiger partial charge in [-0.25, -0.2) is 0 Å². The average molecular weight is 779 g/mol. The standard InChI is InChI=1S/C58H54N2/c1-6-10-13-31-51-38-43(9-4)57(59(51)36-21-28-44(22-7-2)45-24-14-11-15-25-45)33-20-27-47-37-49(40-55-53-32-19-18-26-48(53)39-54(47)55)46-34-35-52-42(5)56(23-8-3)60(58(52)41-46)50-29-16-12-17-30-50/h6-16,18-26,28-29,31-38,40-41H,4,17,27,30,39H2,1-3,5H3/b10-6-,22-7-,23-8-,31-13-,33-20-,36-21+,44-28+. The Labute approximate surface area is 356 Å². The van der Waals surface area contributed by atoms with Crippen molar-refractivity contribution in [2.24, 2.45) is 0 Å². The molecule has 0 fully saturated rings. The molecule has 0 spiro atoms. The van der Waals surface area contributed by atoms with Crippen molar-refractivity contribution in [3.8, 4) is 22.3 Å². The van der Waals surface area contributed by atoms with Crippen molar-refractivity contribution >= 4 is 52.7 Å². The maximum absolute atomic E-state index is 4.23. The molecule has 0 N–H and O–H groups in total. The van der Waals surface area contributed by atoms with Crippen LogP contribution in [0.25, 0.3) is 74.9 Å². The van der Waals surface area contributed by atoms with Crippen LogP contribution >= 0.6 is 0 Å². The molecule has 6 aromatic rings. The molecule has 0 atom stereocenters. The maximum Gasteiger partial charge on any atom is 0.0540 e. The molecule has 8 rings (SSSR count). The van der Waals surface area contributed by atoms with E-state index in [4.69, 9.17) is 0 Å². The van der Waals surface area contributed by atoms with E-state index in [2.05, 4.69) is 225 Å². The third-order valence-corrected chi connectivity index (χ3v) is 11.7. The van der Waals surface area contributed by atoms with E-state index >= 15 is 0 Å². The molecule has 0 amide bonds. The Bertz CT molecular complexity index is 2840. The van der Waals surface area contributed by atoms with E-state index in [0.717, 1.165) is 48.2 Å². The zero-order valence-electron chi connectivity index (χ0n) is 35.4. The van der Waals surface area contributed by atoms with E-state index in [1.54, 1.807) is 0 Å². The van der Waals surface area contributed by atoms with Gasteiger partial charge in [0, 0.05) is 28.7 Å². The lowest BCUT2D eigenvalue weighted by molar-refractivity contribution is 0.955. The van der Waals surface area contributed by atoms with Crippen LogP contribution in [0, 0.1) is 6.92 Å². The highest BCUT2D eigenvalue weighted by Gasteiger charge is 2.23. The van der Waals surface area contributed by atoms with Crippen molar-refractivity contribution in [3.63, 3.8) is 0 Å². The van der Waals surface area contributed by atoms with Gasteiger partial charge in [-0.15, -0.1) is 0 Å². The molecule has 2 heteroatoms. The summed E-state index contributed by atoms with van der Waals surface area (Å²) in [7, 11) is 0. The molecule has 2 heterocycles. The lowest BCUT2D eigenvalue weighted by Gasteiger charge is -2.16. The lowest BCUT2D eigenvalue weighted by Crippen LogP contribution is -2.01. The molecule has 0 aliphatic heterocycles. The largest absolute Gasteiger partial charge is 0.317 e. The van der Waals surface area contributed by atoms with Crippen LogP contribution in [0.5, 0.6) is 0 Å². The highest BCUT2D eigenvalue weighted by molar-refractivity contribution is 5.95. The van der Waals surface area contributed by atoms with Gasteiger partial charge < -0.3 is 9.13 Å². The number of hydrogen-bond donors (Lipinski definition) is 0. The summed E-state index contributed by atoms with van der Waals surface area (Å²) in [5.41, 5.74) is 20.2. The first-order valence-corrected chi connectivity index (χ1v) is 21.3. The molecule has 0 unspecified atom stereocenters. The van der Waals surface area contributed by atoms with Gasteiger partial charge in [-0.3, -0.25) is 0 Å². The summed E-state index contributed by atoms with van der Waals surface area (Å²) in [6.07, 6.45) is 40.7. The van der Waals surface area contributed by atoms with Crippen molar-refractivity contribution in [2.45, 2.75) is 53.4 Å². The van der Waals surface area contributed by atoms with Gasteiger partial charge in [0.2, 0.25) is 0 Å². The number of aryl methyl sites for hydroxylation is 1. The molecule has 0 saturated heterocycles. The number of allylic oxidation sites excluding steroid dienone is 14. The van der Waals surface area contributed by atoms with Crippen molar-refractivity contribution < 1.29 is 0 Å². The smallest absolute Gasteiger partial charge is 0.0540 e. The second kappa shape index (κ2) is 18.4. The molecule has 2 aliphatic rings. The van der Waals surface area contributed by atoms with E-state index in [9.17, 15) is 0 Å². The zero-order chi connectivity index (χ0) is 41.4. The third-order valence-electron chi connectivity index (χ3n) is 11.7. The first kappa shape index (κ1) is 39.9. The van der Waals surface area contributed by atoms with Crippen molar-refractivity contribution in [2.75, 3.05) is 0 Å². The SMILES string of the molecule is C=Cc1cc(/C=C\C=C/C)n(/C=C/C=C(\C=C/C)c2ccccc2)c1/C=C\Cc1cc(-c2ccc3c(C)c(/C=C\C)n(C4=CC=CCC4)c3c2)cc2c1Cc1ccccc1-2. The van der Waals surface area contributed by atoms with Crippen molar-refractivity contribution in [1.29, 1.82) is 0 Å². The lowest BCUT2D eigenvalue weighted by atomic mass is 9.92. The minimum Gasteiger partial charge on any atom is -0.317 e. The fourth-order valence-electron chi connectivity index (χ4n) is 8.82. The van der Waals surface area contributed by atoms with Crippen LogP contribution in [0.1, 0.15) is 84.1 Å². The highest BCUT2D eigenvalue weighted by Crippen LogP contribution is 2.42. The molecule has 2 aromatic heterocycles. The summed E-state index contributed by atoms with van der Waals surface area (Å²) in [6, 6.07) is 33.6. The summed E-state index contributed by atoms with van der Waals surface area (Å²) in [6.45, 7) is 12.7. The van der Waals surface area contributed by atoms with Gasteiger partial charge in [0.15, 0.2) is 0 Å². The third kappa shape index (κ3) is 8.07. The van der Waals surface area contributed by atoms with Crippen LogP contribution < -0.4 is 0 Å². The Hall–Kier alpha value is -6.90. The highest BCUT2D eigenvalue weighted by atomic mass is 15.0. The van der Waals surface area contributed by atoms with Gasteiger partial charge in [0.25, 0.3) is 0 Å². The Morgan fingerprint density at radius 3 is 2.40 bits per heavy atom. The molecule has 0 radical (unpaired) electrons. The molecule has 296 valence electrons. The van der Waals surface area contributed by atoms with Crippen LogP contribution in [-0.4, -0.2) is 9.13 Å². The quantitative estimate of drug-likeness (QED) is 0.103. The monoisotopic (exact) mass is 778 g/mol. The summed E-state index contributed by atoms with van der Waals surface area (Å²) in [5, 5.41) is 1.31.